The summed E-state index contributed by atoms with van der Waals surface area (Å²) in [5.74, 6) is 1.52. The number of nitrogens with zero attached hydrogens (tertiary/aromatic N) is 1. The lowest BCUT2D eigenvalue weighted by atomic mass is 10.1. The minimum absolute atomic E-state index is 0.0880. The van der Waals surface area contributed by atoms with Crippen LogP contribution in [-0.2, 0) is 0 Å². The van der Waals surface area contributed by atoms with Gasteiger partial charge in [0.2, 0.25) is 0 Å². The molecule has 0 atom stereocenters. The Labute approximate surface area is 137 Å². The number of para-hydroxylation sites is 1. The predicted octanol–water partition coefficient (Wildman–Crippen LogP) is 5.54. The van der Waals surface area contributed by atoms with Crippen molar-refractivity contribution < 1.29 is 9.84 Å². The summed E-state index contributed by atoms with van der Waals surface area (Å²) in [5.41, 5.74) is 0.884. The van der Waals surface area contributed by atoms with E-state index >= 15 is 0 Å². The first-order valence-electron chi connectivity index (χ1n) is 7.15. The van der Waals surface area contributed by atoms with Gasteiger partial charge in [-0.2, -0.15) is 0 Å². The van der Waals surface area contributed by atoms with Crippen molar-refractivity contribution in [3.63, 3.8) is 0 Å². The maximum absolute atomic E-state index is 10.00. The molecule has 1 heterocycles. The monoisotopic (exact) mass is 321 g/mol. The number of halogens is 1. The molecule has 0 aliphatic carbocycles. The summed E-state index contributed by atoms with van der Waals surface area (Å²) in [5, 5.41) is 12.9. The van der Waals surface area contributed by atoms with Crippen LogP contribution in [0.1, 0.15) is 0 Å². The zero-order chi connectivity index (χ0) is 15.8. The van der Waals surface area contributed by atoms with E-state index in [1.807, 2.05) is 48.5 Å². The van der Waals surface area contributed by atoms with Crippen LogP contribution in [-0.4, -0.2) is 10.1 Å². The molecule has 0 radical (unpaired) electrons. The number of ether oxygens (including phenoxy) is 1. The number of phenolic OH excluding ortho intramolecular Hbond substituents is 1. The van der Waals surface area contributed by atoms with Gasteiger partial charge in [-0.1, -0.05) is 29.8 Å². The standard InChI is InChI=1S/C19H12ClNO2/c20-16-8-5-12-11-13(6-7-14(12)19(16)22)23-18-9-10-21-17-4-2-1-3-15(17)18/h1-11,22H. The Morgan fingerprint density at radius 3 is 2.70 bits per heavy atom. The van der Waals surface area contributed by atoms with E-state index < -0.39 is 0 Å². The fraction of sp³-hybridized carbons (Fsp3) is 0. The lowest BCUT2D eigenvalue weighted by Gasteiger charge is -2.10. The molecule has 0 unspecified atom stereocenters. The smallest absolute Gasteiger partial charge is 0.141 e. The number of fused-ring (bicyclic) bond motifs is 2. The van der Waals surface area contributed by atoms with E-state index in [4.69, 9.17) is 16.3 Å². The zero-order valence-corrected chi connectivity index (χ0v) is 12.8. The maximum Gasteiger partial charge on any atom is 0.141 e. The third-order valence-corrected chi connectivity index (χ3v) is 4.06. The van der Waals surface area contributed by atoms with Crippen LogP contribution in [0.15, 0.2) is 66.9 Å². The third-order valence-electron chi connectivity index (χ3n) is 3.75. The highest BCUT2D eigenvalue weighted by molar-refractivity contribution is 6.33. The summed E-state index contributed by atoms with van der Waals surface area (Å²) in [4.78, 5) is 4.33. The van der Waals surface area contributed by atoms with Crippen molar-refractivity contribution in [3.8, 4) is 17.2 Å². The average molecular weight is 322 g/mol. The molecule has 4 heteroatoms. The Bertz CT molecular complexity index is 1020. The van der Waals surface area contributed by atoms with E-state index in [9.17, 15) is 5.11 Å². The van der Waals surface area contributed by atoms with Crippen LogP contribution < -0.4 is 4.74 Å². The SMILES string of the molecule is Oc1c(Cl)ccc2cc(Oc3ccnc4ccccc34)ccc12. The second kappa shape index (κ2) is 5.45. The van der Waals surface area contributed by atoms with Crippen LogP contribution in [0.4, 0.5) is 0 Å². The third kappa shape index (κ3) is 2.45. The van der Waals surface area contributed by atoms with Crippen molar-refractivity contribution >= 4 is 33.3 Å². The van der Waals surface area contributed by atoms with Gasteiger partial charge in [0.1, 0.15) is 17.2 Å². The van der Waals surface area contributed by atoms with Crippen LogP contribution in [0.25, 0.3) is 21.7 Å². The zero-order valence-electron chi connectivity index (χ0n) is 12.0. The average Bonchev–Trinajstić information content (AvgIpc) is 2.59. The molecular formula is C19H12ClNO2. The number of phenols is 1. The topological polar surface area (TPSA) is 42.4 Å². The first-order valence-corrected chi connectivity index (χ1v) is 7.53. The lowest BCUT2D eigenvalue weighted by Crippen LogP contribution is -1.88. The molecule has 4 aromatic rings. The van der Waals surface area contributed by atoms with Gasteiger partial charge < -0.3 is 9.84 Å². The Hall–Kier alpha value is -2.78. The summed E-state index contributed by atoms with van der Waals surface area (Å²) < 4.78 is 6.02. The van der Waals surface area contributed by atoms with Gasteiger partial charge in [0, 0.05) is 17.0 Å². The summed E-state index contributed by atoms with van der Waals surface area (Å²) in [6, 6.07) is 18.7. The van der Waals surface area contributed by atoms with Gasteiger partial charge in [-0.25, -0.2) is 0 Å². The molecule has 0 amide bonds. The molecule has 112 valence electrons. The van der Waals surface area contributed by atoms with Crippen LogP contribution >= 0.6 is 11.6 Å². The van der Waals surface area contributed by atoms with Gasteiger partial charge in [0.25, 0.3) is 0 Å². The molecule has 0 aliphatic rings. The van der Waals surface area contributed by atoms with Gasteiger partial charge in [-0.15, -0.1) is 0 Å². The summed E-state index contributed by atoms with van der Waals surface area (Å²) in [6.45, 7) is 0. The molecule has 0 saturated heterocycles. The number of aromatic hydroxyl groups is 1. The van der Waals surface area contributed by atoms with E-state index in [1.165, 1.54) is 0 Å². The Kier molecular flexibility index (Phi) is 3.28. The van der Waals surface area contributed by atoms with Crippen LogP contribution in [0.3, 0.4) is 0 Å². The van der Waals surface area contributed by atoms with Crippen LogP contribution in [0, 0.1) is 0 Å². The van der Waals surface area contributed by atoms with Gasteiger partial charge in [-0.3, -0.25) is 4.98 Å². The molecule has 1 aromatic heterocycles. The second-order valence-electron chi connectivity index (χ2n) is 5.21. The maximum atomic E-state index is 10.00. The van der Waals surface area contributed by atoms with Gasteiger partial charge in [0.05, 0.1) is 10.5 Å². The summed E-state index contributed by atoms with van der Waals surface area (Å²) in [7, 11) is 0. The van der Waals surface area contributed by atoms with Crippen molar-refractivity contribution in [2.24, 2.45) is 0 Å². The Morgan fingerprint density at radius 2 is 1.78 bits per heavy atom. The number of hydrogen-bond donors (Lipinski definition) is 1. The molecule has 4 rings (SSSR count). The molecule has 1 N–H and O–H groups in total. The Morgan fingerprint density at radius 1 is 0.913 bits per heavy atom. The molecule has 0 fully saturated rings. The van der Waals surface area contributed by atoms with Crippen molar-refractivity contribution in [1.29, 1.82) is 0 Å². The van der Waals surface area contributed by atoms with E-state index in [1.54, 1.807) is 18.3 Å². The Balaban J connectivity index is 1.79. The highest BCUT2D eigenvalue weighted by Crippen LogP contribution is 2.35. The number of benzene rings is 3. The van der Waals surface area contributed by atoms with Gasteiger partial charge in [0.15, 0.2) is 0 Å². The molecule has 3 aromatic carbocycles. The predicted molar refractivity (Wildman–Crippen MR) is 92.4 cm³/mol. The van der Waals surface area contributed by atoms with Crippen molar-refractivity contribution in [3.05, 3.63) is 71.9 Å². The molecule has 0 aliphatic heterocycles. The number of aromatic nitrogens is 1. The van der Waals surface area contributed by atoms with E-state index in [0.29, 0.717) is 16.2 Å². The van der Waals surface area contributed by atoms with Crippen molar-refractivity contribution in [1.82, 2.24) is 4.98 Å². The largest absolute Gasteiger partial charge is 0.506 e. The van der Waals surface area contributed by atoms with E-state index in [-0.39, 0.29) is 5.75 Å². The molecule has 3 nitrogen and oxygen atoms in total. The normalized spacial score (nSPS) is 11.0. The van der Waals surface area contributed by atoms with Crippen molar-refractivity contribution in [2.45, 2.75) is 0 Å². The first-order chi connectivity index (χ1) is 11.2. The van der Waals surface area contributed by atoms with Crippen LogP contribution in [0.5, 0.6) is 17.2 Å². The quantitative estimate of drug-likeness (QED) is 0.527. The summed E-state index contributed by atoms with van der Waals surface area (Å²) >= 11 is 5.93. The molecule has 0 saturated carbocycles. The molecule has 0 bridgehead atoms. The minimum Gasteiger partial charge on any atom is -0.506 e. The van der Waals surface area contributed by atoms with Crippen molar-refractivity contribution in [2.75, 3.05) is 0 Å². The van der Waals surface area contributed by atoms with E-state index in [2.05, 4.69) is 4.98 Å². The first kappa shape index (κ1) is 13.9. The molecule has 0 spiro atoms. The number of rotatable bonds is 2. The lowest BCUT2D eigenvalue weighted by molar-refractivity contribution is 0.481. The number of pyridine rings is 1. The minimum atomic E-state index is 0.0880. The highest BCUT2D eigenvalue weighted by atomic mass is 35.5. The number of hydrogen-bond acceptors (Lipinski definition) is 3. The van der Waals surface area contributed by atoms with Crippen LogP contribution in [0.2, 0.25) is 5.02 Å². The molecular weight excluding hydrogens is 310 g/mol. The van der Waals surface area contributed by atoms with E-state index in [0.717, 1.165) is 22.0 Å². The summed E-state index contributed by atoms with van der Waals surface area (Å²) in [6.07, 6.45) is 1.73. The fourth-order valence-corrected chi connectivity index (χ4v) is 2.78. The highest BCUT2D eigenvalue weighted by Gasteiger charge is 2.08. The molecule has 23 heavy (non-hydrogen) atoms. The fourth-order valence-electron chi connectivity index (χ4n) is 2.61. The second-order valence-corrected chi connectivity index (χ2v) is 5.61. The van der Waals surface area contributed by atoms with Gasteiger partial charge in [-0.05, 0) is 47.9 Å². The van der Waals surface area contributed by atoms with Gasteiger partial charge >= 0.3 is 0 Å².